The Kier molecular flexibility index (Phi) is 5.57. The van der Waals surface area contributed by atoms with Crippen LogP contribution in [-0.2, 0) is 16.2 Å². The molecule has 6 nitrogen and oxygen atoms in total. The number of amides is 4. The van der Waals surface area contributed by atoms with Crippen molar-refractivity contribution in [2.24, 2.45) is 0 Å². The molecule has 1 fully saturated rings. The van der Waals surface area contributed by atoms with Gasteiger partial charge in [-0.15, -0.1) is 0 Å². The normalized spacial score (nSPS) is 15.2. The molecule has 0 atom stereocenters. The van der Waals surface area contributed by atoms with Crippen LogP contribution in [0.4, 0.5) is 14.9 Å². The standard InChI is InChI=1S/C24H17FN2O4/c25-21-9-5-4-6-17(21)15-31-19-12-10-16(11-13-19)14-20-22(28)26-24(30)27(23(20)29)18-7-2-1-3-8-18/h1-14H,15H2,(H,26,28,30)/b20-14-. The van der Waals surface area contributed by atoms with Gasteiger partial charge < -0.3 is 4.74 Å². The number of nitrogens with one attached hydrogen (secondary N) is 1. The van der Waals surface area contributed by atoms with E-state index in [1.807, 2.05) is 0 Å². The molecule has 4 amide bonds. The highest BCUT2D eigenvalue weighted by atomic mass is 19.1. The summed E-state index contributed by atoms with van der Waals surface area (Å²) in [7, 11) is 0. The van der Waals surface area contributed by atoms with Crippen molar-refractivity contribution in [3.05, 3.63) is 101 Å². The first kappa shape index (κ1) is 20.0. The van der Waals surface area contributed by atoms with Gasteiger partial charge in [-0.25, -0.2) is 14.1 Å². The van der Waals surface area contributed by atoms with Crippen molar-refractivity contribution in [2.45, 2.75) is 6.61 Å². The number of anilines is 1. The second-order valence-corrected chi connectivity index (χ2v) is 6.74. The Bertz CT molecular complexity index is 1170. The van der Waals surface area contributed by atoms with E-state index < -0.39 is 17.8 Å². The number of carbonyl (C=O) groups is 3. The number of hydrogen-bond donors (Lipinski definition) is 1. The van der Waals surface area contributed by atoms with E-state index in [4.69, 9.17) is 4.74 Å². The third kappa shape index (κ3) is 4.35. The van der Waals surface area contributed by atoms with Crippen molar-refractivity contribution < 1.29 is 23.5 Å². The van der Waals surface area contributed by atoms with Crippen molar-refractivity contribution in [3.63, 3.8) is 0 Å². The summed E-state index contributed by atoms with van der Waals surface area (Å²) in [4.78, 5) is 38.2. The number of rotatable bonds is 5. The molecule has 1 aliphatic rings. The van der Waals surface area contributed by atoms with Crippen LogP contribution >= 0.6 is 0 Å². The van der Waals surface area contributed by atoms with Crippen LogP contribution in [0, 0.1) is 5.82 Å². The number of urea groups is 1. The first-order valence-electron chi connectivity index (χ1n) is 9.46. The Balaban J connectivity index is 1.52. The average molecular weight is 416 g/mol. The third-order valence-electron chi connectivity index (χ3n) is 4.66. The van der Waals surface area contributed by atoms with Gasteiger partial charge in [0.05, 0.1) is 5.69 Å². The fourth-order valence-corrected chi connectivity index (χ4v) is 3.07. The number of imide groups is 2. The highest BCUT2D eigenvalue weighted by Crippen LogP contribution is 2.22. The van der Waals surface area contributed by atoms with E-state index >= 15 is 0 Å². The van der Waals surface area contributed by atoms with Crippen LogP contribution in [0.3, 0.4) is 0 Å². The van der Waals surface area contributed by atoms with E-state index in [1.165, 1.54) is 12.1 Å². The second kappa shape index (κ2) is 8.62. The summed E-state index contributed by atoms with van der Waals surface area (Å²) < 4.78 is 19.3. The minimum atomic E-state index is -0.796. The molecule has 7 heteroatoms. The van der Waals surface area contributed by atoms with Crippen LogP contribution < -0.4 is 15.0 Å². The molecule has 4 rings (SSSR count). The predicted molar refractivity (Wildman–Crippen MR) is 113 cm³/mol. The third-order valence-corrected chi connectivity index (χ3v) is 4.66. The molecule has 0 aliphatic carbocycles. The molecule has 1 N–H and O–H groups in total. The van der Waals surface area contributed by atoms with Crippen LogP contribution in [0.15, 0.2) is 84.4 Å². The zero-order valence-electron chi connectivity index (χ0n) is 16.2. The van der Waals surface area contributed by atoms with Crippen molar-refractivity contribution in [3.8, 4) is 5.75 Å². The first-order chi connectivity index (χ1) is 15.0. The van der Waals surface area contributed by atoms with Crippen LogP contribution in [0.1, 0.15) is 11.1 Å². The Morgan fingerprint density at radius 2 is 1.55 bits per heavy atom. The Hall–Kier alpha value is -4.26. The molecule has 1 heterocycles. The lowest BCUT2D eigenvalue weighted by molar-refractivity contribution is -0.122. The number of halogens is 1. The van der Waals surface area contributed by atoms with E-state index in [1.54, 1.807) is 72.8 Å². The lowest BCUT2D eigenvalue weighted by Crippen LogP contribution is -2.54. The maximum atomic E-state index is 13.7. The second-order valence-electron chi connectivity index (χ2n) is 6.74. The summed E-state index contributed by atoms with van der Waals surface area (Å²) in [5.41, 5.74) is 1.20. The largest absolute Gasteiger partial charge is 0.489 e. The fraction of sp³-hybridized carbons (Fsp3) is 0.0417. The summed E-state index contributed by atoms with van der Waals surface area (Å²) in [6.07, 6.45) is 1.40. The molecule has 0 saturated carbocycles. The van der Waals surface area contributed by atoms with Crippen molar-refractivity contribution >= 4 is 29.6 Å². The molecular weight excluding hydrogens is 399 g/mol. The van der Waals surface area contributed by atoms with E-state index in [0.29, 0.717) is 22.6 Å². The lowest BCUT2D eigenvalue weighted by Gasteiger charge is -2.26. The molecule has 154 valence electrons. The predicted octanol–water partition coefficient (Wildman–Crippen LogP) is 4.07. The summed E-state index contributed by atoms with van der Waals surface area (Å²) in [6.45, 7) is 0.0716. The number of benzene rings is 3. The zero-order chi connectivity index (χ0) is 21.8. The quantitative estimate of drug-likeness (QED) is 0.503. The minimum Gasteiger partial charge on any atom is -0.489 e. The molecule has 3 aromatic rings. The van der Waals surface area contributed by atoms with Gasteiger partial charge in [-0.05, 0) is 42.0 Å². The van der Waals surface area contributed by atoms with E-state index in [-0.39, 0.29) is 18.0 Å². The Labute approximate surface area is 177 Å². The summed E-state index contributed by atoms with van der Waals surface area (Å²) in [5.74, 6) is -1.31. The van der Waals surface area contributed by atoms with E-state index in [2.05, 4.69) is 5.32 Å². The maximum absolute atomic E-state index is 13.7. The SMILES string of the molecule is O=C1NC(=O)N(c2ccccc2)C(=O)/C1=C\c1ccc(OCc2ccccc2F)cc1. The van der Waals surface area contributed by atoms with Gasteiger partial charge in [-0.1, -0.05) is 48.5 Å². The van der Waals surface area contributed by atoms with Crippen molar-refractivity contribution in [1.82, 2.24) is 5.32 Å². The Morgan fingerprint density at radius 1 is 0.871 bits per heavy atom. The maximum Gasteiger partial charge on any atom is 0.335 e. The fourth-order valence-electron chi connectivity index (χ4n) is 3.07. The van der Waals surface area contributed by atoms with E-state index in [0.717, 1.165) is 4.90 Å². The minimum absolute atomic E-state index is 0.0716. The number of barbiturate groups is 1. The highest BCUT2D eigenvalue weighted by Gasteiger charge is 2.36. The van der Waals surface area contributed by atoms with Crippen LogP contribution in [0.5, 0.6) is 5.75 Å². The van der Waals surface area contributed by atoms with Gasteiger partial charge in [0.25, 0.3) is 11.8 Å². The molecule has 0 spiro atoms. The van der Waals surface area contributed by atoms with Crippen LogP contribution in [0.2, 0.25) is 0 Å². The topological polar surface area (TPSA) is 75.7 Å². The molecular formula is C24H17FN2O4. The molecule has 0 radical (unpaired) electrons. The summed E-state index contributed by atoms with van der Waals surface area (Å²) in [5, 5.41) is 2.18. The Morgan fingerprint density at radius 3 is 2.26 bits per heavy atom. The number of carbonyl (C=O) groups excluding carboxylic acids is 3. The average Bonchev–Trinajstić information content (AvgIpc) is 2.77. The molecule has 0 unspecified atom stereocenters. The molecule has 0 aromatic heterocycles. The summed E-state index contributed by atoms with van der Waals surface area (Å²) >= 11 is 0. The smallest absolute Gasteiger partial charge is 0.335 e. The van der Waals surface area contributed by atoms with E-state index in [9.17, 15) is 18.8 Å². The molecule has 1 saturated heterocycles. The van der Waals surface area contributed by atoms with Gasteiger partial charge in [-0.2, -0.15) is 0 Å². The van der Waals surface area contributed by atoms with Gasteiger partial charge in [0.15, 0.2) is 0 Å². The summed E-state index contributed by atoms with van der Waals surface area (Å²) in [6, 6.07) is 20.5. The van der Waals surface area contributed by atoms with Gasteiger partial charge in [0.1, 0.15) is 23.7 Å². The van der Waals surface area contributed by atoms with Crippen LogP contribution in [-0.4, -0.2) is 17.8 Å². The monoisotopic (exact) mass is 416 g/mol. The number of hydrogen-bond acceptors (Lipinski definition) is 4. The number of para-hydroxylation sites is 1. The number of nitrogens with zero attached hydrogens (tertiary/aromatic N) is 1. The van der Waals surface area contributed by atoms with Crippen molar-refractivity contribution in [1.29, 1.82) is 0 Å². The number of ether oxygens (including phenoxy) is 1. The van der Waals surface area contributed by atoms with Gasteiger partial charge in [0, 0.05) is 5.56 Å². The molecule has 3 aromatic carbocycles. The molecule has 31 heavy (non-hydrogen) atoms. The van der Waals surface area contributed by atoms with Gasteiger partial charge >= 0.3 is 6.03 Å². The lowest BCUT2D eigenvalue weighted by atomic mass is 10.1. The van der Waals surface area contributed by atoms with Crippen LogP contribution in [0.25, 0.3) is 6.08 Å². The molecule has 1 aliphatic heterocycles. The van der Waals surface area contributed by atoms with Gasteiger partial charge in [-0.3, -0.25) is 14.9 Å². The van der Waals surface area contributed by atoms with Gasteiger partial charge in [0.2, 0.25) is 0 Å². The zero-order valence-corrected chi connectivity index (χ0v) is 16.2. The first-order valence-corrected chi connectivity index (χ1v) is 9.46. The van der Waals surface area contributed by atoms with Crippen molar-refractivity contribution in [2.75, 3.05) is 4.90 Å². The molecule has 0 bridgehead atoms. The highest BCUT2D eigenvalue weighted by molar-refractivity contribution is 6.39.